The van der Waals surface area contributed by atoms with Gasteiger partial charge in [0.1, 0.15) is 0 Å². The standard InChI is InChI=1S/C3HNO/c1-2-3(4)5/h1H. The maximum atomic E-state index is 9.13. The molecule has 0 saturated heterocycles. The van der Waals surface area contributed by atoms with Crippen LogP contribution < -0.4 is 5.73 Å². The minimum atomic E-state index is -1.22. The molecule has 0 aliphatic rings. The Labute approximate surface area is 30.0 Å². The number of hydrogen-bond donors (Lipinski definition) is 0. The summed E-state index contributed by atoms with van der Waals surface area (Å²) in [5.41, 5.74) is 7.49. The van der Waals surface area contributed by atoms with Gasteiger partial charge < -0.3 is 0 Å². The zero-order chi connectivity index (χ0) is 4.28. The van der Waals surface area contributed by atoms with Gasteiger partial charge in [0, 0.05) is 0 Å². The van der Waals surface area contributed by atoms with Gasteiger partial charge >= 0.3 is 5.91 Å². The monoisotopic (exact) mass is 67.0 g/mol. The van der Waals surface area contributed by atoms with E-state index in [1.165, 1.54) is 5.92 Å². The quantitative estimate of drug-likeness (QED) is 0.342. The largest absolute Gasteiger partial charge is 0.339 e. The molecule has 0 aliphatic carbocycles. The highest BCUT2D eigenvalue weighted by molar-refractivity contribution is 5.90. The van der Waals surface area contributed by atoms with Crippen LogP contribution in [-0.2, 0) is 4.79 Å². The number of carbonyl (C=O) groups excluding carboxylic acids is 1. The molecule has 0 spiro atoms. The van der Waals surface area contributed by atoms with Crippen LogP contribution in [0, 0.1) is 12.3 Å². The Morgan fingerprint density at radius 1 is 2.00 bits per heavy atom. The summed E-state index contributed by atoms with van der Waals surface area (Å²) in [7, 11) is 0. The number of terminal acetylenes is 1. The summed E-state index contributed by atoms with van der Waals surface area (Å²) in [5.74, 6) is 0.227. The number of hydrogen-bond acceptors (Lipinski definition) is 1. The second-order valence-corrected chi connectivity index (χ2v) is 0.449. The molecule has 2 heteroatoms. The first-order chi connectivity index (χ1) is 2.27. The van der Waals surface area contributed by atoms with Crippen molar-refractivity contribution >= 4 is 5.91 Å². The second kappa shape index (κ2) is 1.36. The van der Waals surface area contributed by atoms with E-state index >= 15 is 0 Å². The molecule has 0 aromatic rings. The van der Waals surface area contributed by atoms with Crippen molar-refractivity contribution in [3.63, 3.8) is 0 Å². The lowest BCUT2D eigenvalue weighted by molar-refractivity contribution is -0.113. The fourth-order valence-electron chi connectivity index (χ4n) is 0. The van der Waals surface area contributed by atoms with Gasteiger partial charge in [-0.3, -0.25) is 4.79 Å². The third-order valence-corrected chi connectivity index (χ3v) is 0.123. The SMILES string of the molecule is C#CC([N])=O. The second-order valence-electron chi connectivity index (χ2n) is 0.449. The van der Waals surface area contributed by atoms with Crippen LogP contribution in [-0.4, -0.2) is 5.91 Å². The van der Waals surface area contributed by atoms with E-state index in [9.17, 15) is 0 Å². The number of amides is 1. The summed E-state index contributed by atoms with van der Waals surface area (Å²) in [4.78, 5) is 9.13. The normalized spacial score (nSPS) is 5.40. The molecule has 0 bridgehead atoms. The Kier molecular flexibility index (Phi) is 1.10. The number of rotatable bonds is 0. The highest BCUT2D eigenvalue weighted by atomic mass is 16.1. The van der Waals surface area contributed by atoms with E-state index in [4.69, 9.17) is 10.5 Å². The van der Waals surface area contributed by atoms with Gasteiger partial charge in [0.05, 0.1) is 0 Å². The molecule has 2 nitrogen and oxygen atoms in total. The van der Waals surface area contributed by atoms with Crippen molar-refractivity contribution in [3.05, 3.63) is 0 Å². The maximum absolute atomic E-state index is 9.13. The highest BCUT2D eigenvalue weighted by Crippen LogP contribution is 1.42. The summed E-state index contributed by atoms with van der Waals surface area (Å²) in [6, 6.07) is 0. The lowest BCUT2D eigenvalue weighted by Crippen LogP contribution is -1.87. The van der Waals surface area contributed by atoms with Crippen molar-refractivity contribution in [2.24, 2.45) is 0 Å². The molecule has 0 N–H and O–H groups in total. The van der Waals surface area contributed by atoms with Crippen LogP contribution in [0.4, 0.5) is 0 Å². The van der Waals surface area contributed by atoms with Crippen molar-refractivity contribution < 1.29 is 4.79 Å². The number of carbonyl (C=O) groups is 1. The molecule has 2 radical (unpaired) electrons. The smallest absolute Gasteiger partial charge is 0.255 e. The fraction of sp³-hybridized carbons (Fsp3) is 0. The molecule has 0 aromatic carbocycles. The number of nitrogens with zero attached hydrogens (tertiary/aromatic N) is 1. The third-order valence-electron chi connectivity index (χ3n) is 0.123. The Hall–Kier alpha value is -0.970. The Bertz CT molecular complexity index is 79.4. The van der Waals surface area contributed by atoms with E-state index in [-0.39, 0.29) is 0 Å². The van der Waals surface area contributed by atoms with Gasteiger partial charge in [-0.1, -0.05) is 5.73 Å². The minimum Gasteiger partial charge on any atom is -0.255 e. The predicted octanol–water partition coefficient (Wildman–Crippen LogP) is -0.785. The molecular formula is C3HNO. The summed E-state index contributed by atoms with van der Waals surface area (Å²) in [5, 5.41) is 0. The van der Waals surface area contributed by atoms with Crippen LogP contribution in [0.1, 0.15) is 0 Å². The van der Waals surface area contributed by atoms with E-state index in [0.717, 1.165) is 0 Å². The van der Waals surface area contributed by atoms with Crippen LogP contribution in [0.25, 0.3) is 0 Å². The van der Waals surface area contributed by atoms with Crippen LogP contribution in [0.2, 0.25) is 0 Å². The fourth-order valence-corrected chi connectivity index (χ4v) is 0. The van der Waals surface area contributed by atoms with E-state index < -0.39 is 5.91 Å². The molecule has 0 unspecified atom stereocenters. The zero-order valence-electron chi connectivity index (χ0n) is 2.43. The van der Waals surface area contributed by atoms with Crippen LogP contribution in [0.15, 0.2) is 0 Å². The third kappa shape index (κ3) is 3.03. The summed E-state index contributed by atoms with van der Waals surface area (Å²) < 4.78 is 0. The molecule has 0 aromatic heterocycles. The van der Waals surface area contributed by atoms with E-state index in [0.29, 0.717) is 0 Å². The summed E-state index contributed by atoms with van der Waals surface area (Å²) in [6.45, 7) is 0. The van der Waals surface area contributed by atoms with Crippen molar-refractivity contribution in [1.29, 1.82) is 0 Å². The summed E-state index contributed by atoms with van der Waals surface area (Å²) >= 11 is 0. The maximum Gasteiger partial charge on any atom is 0.339 e. The average Bonchev–Trinajstić information content (AvgIpc) is 1.38. The first-order valence-electron chi connectivity index (χ1n) is 0.966. The minimum absolute atomic E-state index is 1.22. The topological polar surface area (TPSA) is 39.4 Å². The van der Waals surface area contributed by atoms with E-state index in [1.54, 1.807) is 0 Å². The molecule has 0 heterocycles. The molecular weight excluding hydrogens is 66.0 g/mol. The molecule has 0 atom stereocenters. The van der Waals surface area contributed by atoms with Gasteiger partial charge in [-0.05, 0) is 5.92 Å². The van der Waals surface area contributed by atoms with Gasteiger partial charge in [0.15, 0.2) is 0 Å². The molecule has 1 amide bonds. The Balaban J connectivity index is 3.35. The molecule has 0 fully saturated rings. The van der Waals surface area contributed by atoms with Crippen molar-refractivity contribution in [1.82, 2.24) is 5.73 Å². The first-order valence-corrected chi connectivity index (χ1v) is 0.966. The van der Waals surface area contributed by atoms with Gasteiger partial charge in [0.25, 0.3) is 0 Å². The van der Waals surface area contributed by atoms with Crippen LogP contribution in [0.5, 0.6) is 0 Å². The molecule has 0 rings (SSSR count). The Morgan fingerprint density at radius 3 is 2.20 bits per heavy atom. The van der Waals surface area contributed by atoms with E-state index in [1.807, 2.05) is 0 Å². The predicted molar refractivity (Wildman–Crippen MR) is 16.0 cm³/mol. The average molecular weight is 67.0 g/mol. The lowest BCUT2D eigenvalue weighted by atomic mass is 10.7. The van der Waals surface area contributed by atoms with Crippen molar-refractivity contribution in [2.45, 2.75) is 0 Å². The van der Waals surface area contributed by atoms with Crippen LogP contribution in [0.3, 0.4) is 0 Å². The van der Waals surface area contributed by atoms with Crippen LogP contribution >= 0.6 is 0 Å². The Morgan fingerprint density at radius 2 is 2.20 bits per heavy atom. The molecule has 0 aliphatic heterocycles. The van der Waals surface area contributed by atoms with Gasteiger partial charge in [0.2, 0.25) is 0 Å². The lowest BCUT2D eigenvalue weighted by Gasteiger charge is -1.53. The van der Waals surface area contributed by atoms with Gasteiger partial charge in [-0.25, -0.2) is 0 Å². The highest BCUT2D eigenvalue weighted by Gasteiger charge is 1.76. The molecule has 5 heavy (non-hydrogen) atoms. The van der Waals surface area contributed by atoms with Gasteiger partial charge in [-0.15, -0.1) is 6.42 Å². The molecule has 24 valence electrons. The van der Waals surface area contributed by atoms with E-state index in [2.05, 4.69) is 6.42 Å². The first kappa shape index (κ1) is 4.03. The summed E-state index contributed by atoms with van der Waals surface area (Å²) in [6.07, 6.45) is 4.32. The zero-order valence-corrected chi connectivity index (χ0v) is 2.43. The molecule has 0 saturated carbocycles. The van der Waals surface area contributed by atoms with Crippen molar-refractivity contribution in [2.75, 3.05) is 0 Å². The van der Waals surface area contributed by atoms with Gasteiger partial charge in [-0.2, -0.15) is 0 Å². The van der Waals surface area contributed by atoms with Crippen molar-refractivity contribution in [3.8, 4) is 12.3 Å².